The van der Waals surface area contributed by atoms with Gasteiger partial charge in [0.2, 0.25) is 5.91 Å². The SMILES string of the molecule is O=C(Cc1ccc(-c2ccccc2)cc1)Nc1cnn(CC2CCCCO2)c1. The molecular weight excluding hydrogens is 350 g/mol. The molecule has 1 atom stereocenters. The zero-order chi connectivity index (χ0) is 19.2. The highest BCUT2D eigenvalue weighted by Gasteiger charge is 2.15. The summed E-state index contributed by atoms with van der Waals surface area (Å²) in [7, 11) is 0. The van der Waals surface area contributed by atoms with Gasteiger partial charge in [0.15, 0.2) is 0 Å². The van der Waals surface area contributed by atoms with Crippen molar-refractivity contribution in [3.05, 3.63) is 72.6 Å². The number of aromatic nitrogens is 2. The summed E-state index contributed by atoms with van der Waals surface area (Å²) in [5.41, 5.74) is 4.03. The van der Waals surface area contributed by atoms with E-state index < -0.39 is 0 Å². The molecule has 1 aliphatic heterocycles. The van der Waals surface area contributed by atoms with Crippen LogP contribution in [-0.2, 0) is 22.5 Å². The lowest BCUT2D eigenvalue weighted by Gasteiger charge is -2.22. The van der Waals surface area contributed by atoms with Crippen molar-refractivity contribution in [2.45, 2.75) is 38.3 Å². The molecule has 0 saturated carbocycles. The summed E-state index contributed by atoms with van der Waals surface area (Å²) in [5.74, 6) is -0.0408. The molecule has 1 fully saturated rings. The van der Waals surface area contributed by atoms with Gasteiger partial charge >= 0.3 is 0 Å². The van der Waals surface area contributed by atoms with Crippen LogP contribution in [0.15, 0.2) is 67.0 Å². The number of nitrogens with one attached hydrogen (secondary N) is 1. The Labute approximate surface area is 165 Å². The van der Waals surface area contributed by atoms with E-state index in [1.165, 1.54) is 12.0 Å². The van der Waals surface area contributed by atoms with Crippen LogP contribution in [0.25, 0.3) is 11.1 Å². The molecule has 1 amide bonds. The highest BCUT2D eigenvalue weighted by molar-refractivity contribution is 5.92. The first-order valence-corrected chi connectivity index (χ1v) is 9.84. The normalized spacial score (nSPS) is 16.6. The molecule has 28 heavy (non-hydrogen) atoms. The summed E-state index contributed by atoms with van der Waals surface area (Å²) in [6.07, 6.45) is 7.54. The number of carbonyl (C=O) groups excluding carboxylic acids is 1. The largest absolute Gasteiger partial charge is 0.376 e. The van der Waals surface area contributed by atoms with E-state index in [1.54, 1.807) is 6.20 Å². The molecule has 4 rings (SSSR count). The molecular formula is C23H25N3O2. The van der Waals surface area contributed by atoms with Crippen LogP contribution < -0.4 is 5.32 Å². The lowest BCUT2D eigenvalue weighted by Crippen LogP contribution is -2.24. The van der Waals surface area contributed by atoms with Crippen LogP contribution in [0.3, 0.4) is 0 Å². The lowest BCUT2D eigenvalue weighted by molar-refractivity contribution is -0.115. The maximum atomic E-state index is 12.4. The van der Waals surface area contributed by atoms with E-state index in [9.17, 15) is 4.79 Å². The summed E-state index contributed by atoms with van der Waals surface area (Å²) < 4.78 is 7.59. The molecule has 1 unspecified atom stereocenters. The summed E-state index contributed by atoms with van der Waals surface area (Å²) in [5, 5.41) is 7.27. The molecule has 5 heteroatoms. The van der Waals surface area contributed by atoms with Crippen molar-refractivity contribution >= 4 is 11.6 Å². The van der Waals surface area contributed by atoms with E-state index in [4.69, 9.17) is 4.74 Å². The fourth-order valence-electron chi connectivity index (χ4n) is 3.52. The Morgan fingerprint density at radius 1 is 1.07 bits per heavy atom. The zero-order valence-corrected chi connectivity index (χ0v) is 15.9. The number of hydrogen-bond donors (Lipinski definition) is 1. The van der Waals surface area contributed by atoms with E-state index in [0.717, 1.165) is 42.8 Å². The Hall–Kier alpha value is -2.92. The van der Waals surface area contributed by atoms with Gasteiger partial charge in [-0.05, 0) is 36.0 Å². The minimum absolute atomic E-state index is 0.0408. The molecule has 1 aromatic heterocycles. The van der Waals surface area contributed by atoms with Crippen LogP contribution >= 0.6 is 0 Å². The molecule has 5 nitrogen and oxygen atoms in total. The van der Waals surface area contributed by atoms with Crippen molar-refractivity contribution < 1.29 is 9.53 Å². The van der Waals surface area contributed by atoms with Gasteiger partial charge in [-0.3, -0.25) is 9.48 Å². The van der Waals surface area contributed by atoms with Crippen molar-refractivity contribution in [1.82, 2.24) is 9.78 Å². The third-order valence-electron chi connectivity index (χ3n) is 5.01. The predicted octanol–water partition coefficient (Wildman–Crippen LogP) is 4.30. The smallest absolute Gasteiger partial charge is 0.228 e. The molecule has 1 N–H and O–H groups in total. The molecule has 144 valence electrons. The molecule has 0 spiro atoms. The molecule has 0 aliphatic carbocycles. The molecule has 1 saturated heterocycles. The van der Waals surface area contributed by atoms with Gasteiger partial charge in [-0.1, -0.05) is 54.6 Å². The van der Waals surface area contributed by atoms with Crippen LogP contribution in [0.4, 0.5) is 5.69 Å². The van der Waals surface area contributed by atoms with Gasteiger partial charge in [0.05, 0.1) is 31.0 Å². The third kappa shape index (κ3) is 4.87. The average molecular weight is 375 g/mol. The fourth-order valence-corrected chi connectivity index (χ4v) is 3.52. The maximum Gasteiger partial charge on any atom is 0.228 e. The van der Waals surface area contributed by atoms with E-state index in [0.29, 0.717) is 6.42 Å². The van der Waals surface area contributed by atoms with Crippen molar-refractivity contribution in [3.8, 4) is 11.1 Å². The highest BCUT2D eigenvalue weighted by Crippen LogP contribution is 2.20. The number of benzene rings is 2. The zero-order valence-electron chi connectivity index (χ0n) is 15.9. The monoisotopic (exact) mass is 375 g/mol. The minimum Gasteiger partial charge on any atom is -0.376 e. The summed E-state index contributed by atoms with van der Waals surface area (Å²) in [4.78, 5) is 12.4. The second kappa shape index (κ2) is 8.85. The summed E-state index contributed by atoms with van der Waals surface area (Å²) in [6, 6.07) is 18.3. The first-order chi connectivity index (χ1) is 13.8. The molecule has 1 aliphatic rings. The second-order valence-corrected chi connectivity index (χ2v) is 7.23. The van der Waals surface area contributed by atoms with Gasteiger partial charge < -0.3 is 10.1 Å². The Bertz CT molecular complexity index is 897. The predicted molar refractivity (Wildman–Crippen MR) is 110 cm³/mol. The molecule has 2 aromatic carbocycles. The first kappa shape index (κ1) is 18.4. The van der Waals surface area contributed by atoms with Crippen LogP contribution in [-0.4, -0.2) is 28.4 Å². The van der Waals surface area contributed by atoms with Crippen molar-refractivity contribution in [3.63, 3.8) is 0 Å². The molecule has 0 bridgehead atoms. The summed E-state index contributed by atoms with van der Waals surface area (Å²) in [6.45, 7) is 1.56. The number of amides is 1. The number of anilines is 1. The molecule has 3 aromatic rings. The van der Waals surface area contributed by atoms with Gasteiger partial charge in [-0.15, -0.1) is 0 Å². The Morgan fingerprint density at radius 3 is 2.61 bits per heavy atom. The van der Waals surface area contributed by atoms with E-state index in [1.807, 2.05) is 41.2 Å². The highest BCUT2D eigenvalue weighted by atomic mass is 16.5. The van der Waals surface area contributed by atoms with Gasteiger partial charge in [0, 0.05) is 12.8 Å². The number of carbonyl (C=O) groups is 1. The Morgan fingerprint density at radius 2 is 1.86 bits per heavy atom. The number of ether oxygens (including phenoxy) is 1. The quantitative estimate of drug-likeness (QED) is 0.699. The molecule has 0 radical (unpaired) electrons. The third-order valence-corrected chi connectivity index (χ3v) is 5.01. The van der Waals surface area contributed by atoms with Gasteiger partial charge in [0.25, 0.3) is 0 Å². The molecule has 2 heterocycles. The average Bonchev–Trinajstić information content (AvgIpc) is 3.16. The fraction of sp³-hybridized carbons (Fsp3) is 0.304. The van der Waals surface area contributed by atoms with Crippen molar-refractivity contribution in [2.24, 2.45) is 0 Å². The van der Waals surface area contributed by atoms with Crippen LogP contribution in [0.2, 0.25) is 0 Å². The maximum absolute atomic E-state index is 12.4. The van der Waals surface area contributed by atoms with E-state index in [-0.39, 0.29) is 12.0 Å². The van der Waals surface area contributed by atoms with Crippen molar-refractivity contribution in [2.75, 3.05) is 11.9 Å². The number of rotatable bonds is 6. The van der Waals surface area contributed by atoms with Crippen molar-refractivity contribution in [1.29, 1.82) is 0 Å². The standard InChI is InChI=1S/C23H25N3O2/c27-23(14-18-9-11-20(12-10-18)19-6-2-1-3-7-19)25-21-15-24-26(16-21)17-22-8-4-5-13-28-22/h1-3,6-7,9-12,15-16,22H,4-5,8,13-14,17H2,(H,25,27). The van der Waals surface area contributed by atoms with Gasteiger partial charge in [-0.2, -0.15) is 5.10 Å². The number of nitrogens with zero attached hydrogens (tertiary/aromatic N) is 2. The summed E-state index contributed by atoms with van der Waals surface area (Å²) >= 11 is 0. The minimum atomic E-state index is -0.0408. The van der Waals surface area contributed by atoms with E-state index in [2.05, 4.69) is 34.7 Å². The Balaban J connectivity index is 1.30. The van der Waals surface area contributed by atoms with E-state index >= 15 is 0 Å². The Kier molecular flexibility index (Phi) is 5.83. The topological polar surface area (TPSA) is 56.2 Å². The first-order valence-electron chi connectivity index (χ1n) is 9.84. The van der Waals surface area contributed by atoms with Crippen LogP contribution in [0, 0.1) is 0 Å². The lowest BCUT2D eigenvalue weighted by atomic mass is 10.0. The van der Waals surface area contributed by atoms with Gasteiger partial charge in [0.1, 0.15) is 0 Å². The van der Waals surface area contributed by atoms with Gasteiger partial charge in [-0.25, -0.2) is 0 Å². The number of hydrogen-bond acceptors (Lipinski definition) is 3. The van der Waals surface area contributed by atoms with Crippen LogP contribution in [0.1, 0.15) is 24.8 Å². The van der Waals surface area contributed by atoms with Crippen LogP contribution in [0.5, 0.6) is 0 Å². The second-order valence-electron chi connectivity index (χ2n) is 7.23.